The molecule has 1 amide bonds. The number of amides is 1. The van der Waals surface area contributed by atoms with Crippen molar-refractivity contribution in [2.75, 3.05) is 37.7 Å². The van der Waals surface area contributed by atoms with Gasteiger partial charge in [0.1, 0.15) is 11.7 Å². The van der Waals surface area contributed by atoms with Crippen LogP contribution in [-0.4, -0.2) is 54.4 Å². The molecule has 1 atom stereocenters. The van der Waals surface area contributed by atoms with Crippen LogP contribution in [0.25, 0.3) is 0 Å². The number of halogens is 1. The van der Waals surface area contributed by atoms with E-state index >= 15 is 0 Å². The molecule has 1 N–H and O–H groups in total. The Morgan fingerprint density at radius 2 is 2.21 bits per heavy atom. The summed E-state index contributed by atoms with van der Waals surface area (Å²) >= 11 is 0. The van der Waals surface area contributed by atoms with Gasteiger partial charge in [-0.3, -0.25) is 4.79 Å². The van der Waals surface area contributed by atoms with Crippen LogP contribution in [0.4, 0.5) is 10.2 Å². The second kappa shape index (κ2) is 7.09. The molecule has 1 unspecified atom stereocenters. The fourth-order valence-corrected chi connectivity index (χ4v) is 3.07. The third-order valence-electron chi connectivity index (χ3n) is 4.62. The van der Waals surface area contributed by atoms with Crippen molar-refractivity contribution >= 4 is 11.7 Å². The number of aromatic nitrogens is 2. The first-order chi connectivity index (χ1) is 11.6. The molecule has 2 aliphatic heterocycles. The monoisotopic (exact) mass is 333 g/mol. The topological polar surface area (TPSA) is 91.1 Å². The number of carbonyl (C=O) groups excluding carboxylic acids is 1. The molecular weight excluding hydrogens is 313 g/mol. The number of anilines is 1. The zero-order chi connectivity index (χ0) is 17.0. The maximum atomic E-state index is 14.9. The van der Waals surface area contributed by atoms with Gasteiger partial charge in [0.25, 0.3) is 0 Å². The molecule has 1 aromatic rings. The Morgan fingerprint density at radius 1 is 1.46 bits per heavy atom. The van der Waals surface area contributed by atoms with E-state index in [9.17, 15) is 9.18 Å². The minimum absolute atomic E-state index is 0.0156. The van der Waals surface area contributed by atoms with Crippen LogP contribution in [0.15, 0.2) is 12.4 Å². The molecular formula is C16H20FN5O2. The molecule has 0 saturated carbocycles. The lowest BCUT2D eigenvalue weighted by atomic mass is 9.92. The number of alkyl halides is 1. The number of nitrogens with one attached hydrogen (secondary N) is 1. The number of ether oxygens (including phenoxy) is 1. The molecule has 0 bridgehead atoms. The van der Waals surface area contributed by atoms with Gasteiger partial charge in [-0.2, -0.15) is 5.26 Å². The zero-order valence-electron chi connectivity index (χ0n) is 13.4. The van der Waals surface area contributed by atoms with Gasteiger partial charge < -0.3 is 15.0 Å². The van der Waals surface area contributed by atoms with Crippen LogP contribution in [0.5, 0.6) is 0 Å². The number of hydrogen-bond donors (Lipinski definition) is 1. The molecule has 24 heavy (non-hydrogen) atoms. The first-order valence-electron chi connectivity index (χ1n) is 8.12. The van der Waals surface area contributed by atoms with Crippen LogP contribution in [0, 0.1) is 17.2 Å². The molecule has 0 radical (unpaired) electrons. The Morgan fingerprint density at radius 3 is 2.88 bits per heavy atom. The molecule has 2 saturated heterocycles. The predicted octanol–water partition coefficient (Wildman–Crippen LogP) is 0.809. The van der Waals surface area contributed by atoms with Crippen LogP contribution < -0.4 is 10.2 Å². The lowest BCUT2D eigenvalue weighted by Gasteiger charge is -2.37. The van der Waals surface area contributed by atoms with Crippen molar-refractivity contribution in [1.82, 2.24) is 15.3 Å². The number of rotatable bonds is 4. The van der Waals surface area contributed by atoms with E-state index in [0.717, 1.165) is 0 Å². The molecule has 3 rings (SSSR count). The van der Waals surface area contributed by atoms with E-state index in [1.165, 1.54) is 12.4 Å². The highest BCUT2D eigenvalue weighted by Crippen LogP contribution is 2.29. The van der Waals surface area contributed by atoms with Crippen molar-refractivity contribution in [3.8, 4) is 6.07 Å². The lowest BCUT2D eigenvalue weighted by molar-refractivity contribution is -0.125. The Hall–Kier alpha value is -2.27. The first kappa shape index (κ1) is 16.6. The summed E-state index contributed by atoms with van der Waals surface area (Å²) in [5.41, 5.74) is -1.18. The molecule has 1 aromatic heterocycles. The molecule has 2 fully saturated rings. The average molecular weight is 333 g/mol. The van der Waals surface area contributed by atoms with Crippen molar-refractivity contribution in [3.63, 3.8) is 0 Å². The van der Waals surface area contributed by atoms with Gasteiger partial charge in [-0.1, -0.05) is 0 Å². The van der Waals surface area contributed by atoms with Crippen molar-refractivity contribution in [1.29, 1.82) is 5.26 Å². The lowest BCUT2D eigenvalue weighted by Crippen LogP contribution is -2.49. The van der Waals surface area contributed by atoms with Crippen LogP contribution in [0.1, 0.15) is 25.0 Å². The molecule has 0 aliphatic carbocycles. The maximum Gasteiger partial charge on any atom is 0.225 e. The predicted molar refractivity (Wildman–Crippen MR) is 84.0 cm³/mol. The van der Waals surface area contributed by atoms with Gasteiger partial charge in [0.05, 0.1) is 19.1 Å². The first-order valence-corrected chi connectivity index (χ1v) is 8.12. The number of carbonyl (C=O) groups is 1. The highest BCUT2D eigenvalue weighted by Gasteiger charge is 2.36. The maximum absolute atomic E-state index is 14.9. The van der Waals surface area contributed by atoms with E-state index in [0.29, 0.717) is 38.5 Å². The van der Waals surface area contributed by atoms with Crippen molar-refractivity contribution < 1.29 is 13.9 Å². The van der Waals surface area contributed by atoms with Crippen LogP contribution >= 0.6 is 0 Å². The average Bonchev–Trinajstić information content (AvgIpc) is 3.15. The fraction of sp³-hybridized carbons (Fsp3) is 0.625. The van der Waals surface area contributed by atoms with E-state index in [1.54, 1.807) is 0 Å². The summed E-state index contributed by atoms with van der Waals surface area (Å²) in [5.74, 6) is 0.202. The summed E-state index contributed by atoms with van der Waals surface area (Å²) in [6.45, 7) is 1.90. The standard InChI is InChI=1S/C16H20FN5O2/c17-16(11-21-15(23)12-1-8-24-10-12)2-6-22(7-3-16)14-13(9-18)19-4-5-20-14/h4-5,12H,1-3,6-8,10-11H2,(H,21,23). The fourth-order valence-electron chi connectivity index (χ4n) is 3.07. The summed E-state index contributed by atoms with van der Waals surface area (Å²) in [6.07, 6.45) is 4.24. The van der Waals surface area contributed by atoms with Crippen molar-refractivity contribution in [3.05, 3.63) is 18.1 Å². The largest absolute Gasteiger partial charge is 0.381 e. The highest BCUT2D eigenvalue weighted by molar-refractivity contribution is 5.79. The van der Waals surface area contributed by atoms with Crippen molar-refractivity contribution in [2.24, 2.45) is 5.92 Å². The van der Waals surface area contributed by atoms with Crippen LogP contribution in [0.3, 0.4) is 0 Å². The van der Waals surface area contributed by atoms with E-state index in [2.05, 4.69) is 15.3 Å². The van der Waals surface area contributed by atoms with E-state index in [-0.39, 0.29) is 36.9 Å². The van der Waals surface area contributed by atoms with Gasteiger partial charge in [-0.05, 0) is 6.42 Å². The highest BCUT2D eigenvalue weighted by atomic mass is 19.1. The number of piperidine rings is 1. The zero-order valence-corrected chi connectivity index (χ0v) is 13.4. The molecule has 3 heterocycles. The summed E-state index contributed by atoms with van der Waals surface area (Å²) in [6, 6.07) is 2.01. The second-order valence-electron chi connectivity index (χ2n) is 6.26. The third-order valence-corrected chi connectivity index (χ3v) is 4.62. The van der Waals surface area contributed by atoms with Gasteiger partial charge in [-0.15, -0.1) is 0 Å². The van der Waals surface area contributed by atoms with Gasteiger partial charge in [0.2, 0.25) is 5.91 Å². The minimum Gasteiger partial charge on any atom is -0.381 e. The van der Waals surface area contributed by atoms with Gasteiger partial charge in [0, 0.05) is 44.9 Å². The third kappa shape index (κ3) is 3.62. The molecule has 128 valence electrons. The quantitative estimate of drug-likeness (QED) is 0.877. The Balaban J connectivity index is 1.53. The molecule has 8 heteroatoms. The minimum atomic E-state index is -1.43. The molecule has 7 nitrogen and oxygen atoms in total. The molecule has 0 aromatic carbocycles. The Kier molecular flexibility index (Phi) is 4.90. The summed E-state index contributed by atoms with van der Waals surface area (Å²) in [4.78, 5) is 22.0. The van der Waals surface area contributed by atoms with E-state index in [4.69, 9.17) is 10.00 Å². The van der Waals surface area contributed by atoms with E-state index < -0.39 is 5.67 Å². The normalized spacial score (nSPS) is 22.8. The number of nitrogens with zero attached hydrogens (tertiary/aromatic N) is 4. The second-order valence-corrected chi connectivity index (χ2v) is 6.26. The Labute approximate surface area is 139 Å². The molecule has 2 aliphatic rings. The van der Waals surface area contributed by atoms with Gasteiger partial charge in [0.15, 0.2) is 11.5 Å². The van der Waals surface area contributed by atoms with Gasteiger partial charge >= 0.3 is 0 Å². The summed E-state index contributed by atoms with van der Waals surface area (Å²) in [7, 11) is 0. The van der Waals surface area contributed by atoms with Crippen LogP contribution in [-0.2, 0) is 9.53 Å². The van der Waals surface area contributed by atoms with E-state index in [1.807, 2.05) is 11.0 Å². The number of nitriles is 1. The van der Waals surface area contributed by atoms with Crippen LogP contribution in [0.2, 0.25) is 0 Å². The SMILES string of the molecule is N#Cc1nccnc1N1CCC(F)(CNC(=O)C2CCOC2)CC1. The number of hydrogen-bond acceptors (Lipinski definition) is 6. The summed E-state index contributed by atoms with van der Waals surface area (Å²) < 4.78 is 20.1. The smallest absolute Gasteiger partial charge is 0.225 e. The summed E-state index contributed by atoms with van der Waals surface area (Å²) in [5, 5.41) is 11.8. The van der Waals surface area contributed by atoms with Gasteiger partial charge in [-0.25, -0.2) is 14.4 Å². The van der Waals surface area contributed by atoms with Crippen molar-refractivity contribution in [2.45, 2.75) is 24.9 Å². The molecule has 0 spiro atoms. The Bertz CT molecular complexity index is 634.